The second-order valence-corrected chi connectivity index (χ2v) is 9.84. The number of nitrogens with one attached hydrogen (secondary N) is 3. The summed E-state index contributed by atoms with van der Waals surface area (Å²) in [6.07, 6.45) is 2.32. The molecule has 192 valence electrons. The molecule has 0 radical (unpaired) electrons. The van der Waals surface area contributed by atoms with Crippen LogP contribution < -0.4 is 27.4 Å². The monoisotopic (exact) mass is 471 g/mol. The number of aliphatic carboxylic acids is 1. The zero-order valence-corrected chi connectivity index (χ0v) is 21.0. The molecule has 0 aliphatic heterocycles. The first-order valence-electron chi connectivity index (χ1n) is 11.9. The number of carbonyl (C=O) groups is 4. The lowest BCUT2D eigenvalue weighted by molar-refractivity contribution is -0.142. The molecule has 0 aliphatic carbocycles. The van der Waals surface area contributed by atoms with Crippen LogP contribution in [0.1, 0.15) is 73.6 Å². The second kappa shape index (κ2) is 15.6. The van der Waals surface area contributed by atoms with Crippen molar-refractivity contribution in [2.24, 2.45) is 29.2 Å². The minimum atomic E-state index is -1.14. The number of hydrogen-bond acceptors (Lipinski definition) is 6. The Morgan fingerprint density at radius 1 is 0.758 bits per heavy atom. The van der Waals surface area contributed by atoms with Crippen molar-refractivity contribution in [3.63, 3.8) is 0 Å². The van der Waals surface area contributed by atoms with Crippen molar-refractivity contribution < 1.29 is 24.3 Å². The van der Waals surface area contributed by atoms with Crippen molar-refractivity contribution in [3.8, 4) is 0 Å². The molecule has 3 amide bonds. The molecule has 8 N–H and O–H groups in total. The summed E-state index contributed by atoms with van der Waals surface area (Å²) >= 11 is 0. The summed E-state index contributed by atoms with van der Waals surface area (Å²) < 4.78 is 0. The van der Waals surface area contributed by atoms with Crippen LogP contribution in [0.3, 0.4) is 0 Å². The van der Waals surface area contributed by atoms with Gasteiger partial charge in [-0.1, -0.05) is 41.5 Å². The SMILES string of the molecule is CC(C)CC(N)C(=O)NC(CC(C)C)C(=O)NC(C(=O)NC(CCCCN)C(=O)O)C(C)C. The third-order valence-corrected chi connectivity index (χ3v) is 5.21. The van der Waals surface area contributed by atoms with E-state index in [1.54, 1.807) is 13.8 Å². The van der Waals surface area contributed by atoms with E-state index in [0.29, 0.717) is 32.2 Å². The Morgan fingerprint density at radius 3 is 1.76 bits per heavy atom. The van der Waals surface area contributed by atoms with Crippen LogP contribution >= 0.6 is 0 Å². The van der Waals surface area contributed by atoms with E-state index in [1.807, 2.05) is 27.7 Å². The Balaban J connectivity index is 5.36. The van der Waals surface area contributed by atoms with Crippen LogP contribution in [-0.2, 0) is 19.2 Å². The third kappa shape index (κ3) is 12.6. The topological polar surface area (TPSA) is 177 Å². The van der Waals surface area contributed by atoms with Gasteiger partial charge in [0, 0.05) is 0 Å². The predicted octanol–water partition coefficient (Wildman–Crippen LogP) is 0.730. The minimum Gasteiger partial charge on any atom is -0.480 e. The van der Waals surface area contributed by atoms with Gasteiger partial charge in [0.15, 0.2) is 0 Å². The normalized spacial score (nSPS) is 15.1. The molecule has 0 spiro atoms. The van der Waals surface area contributed by atoms with Gasteiger partial charge in [-0.3, -0.25) is 14.4 Å². The van der Waals surface area contributed by atoms with Crippen LogP contribution in [0.25, 0.3) is 0 Å². The van der Waals surface area contributed by atoms with E-state index in [1.165, 1.54) is 0 Å². The maximum absolute atomic E-state index is 13.0. The van der Waals surface area contributed by atoms with Crippen LogP contribution in [0.15, 0.2) is 0 Å². The number of carboxylic acids is 1. The van der Waals surface area contributed by atoms with Gasteiger partial charge in [0.25, 0.3) is 0 Å². The summed E-state index contributed by atoms with van der Waals surface area (Å²) in [5.74, 6) is -2.61. The summed E-state index contributed by atoms with van der Waals surface area (Å²) in [6, 6.07) is -3.61. The van der Waals surface area contributed by atoms with Crippen molar-refractivity contribution in [1.29, 1.82) is 0 Å². The van der Waals surface area contributed by atoms with Crippen molar-refractivity contribution in [2.45, 2.75) is 97.8 Å². The zero-order valence-electron chi connectivity index (χ0n) is 21.0. The van der Waals surface area contributed by atoms with Crippen LogP contribution in [0.5, 0.6) is 0 Å². The second-order valence-electron chi connectivity index (χ2n) is 9.84. The van der Waals surface area contributed by atoms with E-state index in [2.05, 4.69) is 16.0 Å². The molecule has 0 saturated carbocycles. The van der Waals surface area contributed by atoms with Crippen molar-refractivity contribution in [3.05, 3.63) is 0 Å². The summed E-state index contributed by atoms with van der Waals surface area (Å²) in [6.45, 7) is 11.7. The van der Waals surface area contributed by atoms with Gasteiger partial charge < -0.3 is 32.5 Å². The molecule has 0 aromatic carbocycles. The smallest absolute Gasteiger partial charge is 0.326 e. The van der Waals surface area contributed by atoms with Crippen molar-refractivity contribution in [2.75, 3.05) is 6.54 Å². The average molecular weight is 472 g/mol. The summed E-state index contributed by atoms with van der Waals surface area (Å²) in [5.41, 5.74) is 11.4. The van der Waals surface area contributed by atoms with Gasteiger partial charge >= 0.3 is 5.97 Å². The van der Waals surface area contributed by atoms with E-state index in [-0.39, 0.29) is 24.2 Å². The standard InChI is InChI=1S/C23H45N5O5/c1-13(2)11-16(25)20(29)27-18(12-14(3)4)21(30)28-19(15(5)6)22(31)26-17(23(32)33)9-7-8-10-24/h13-19H,7-12,24-25H2,1-6H3,(H,26,31)(H,27,29)(H,28,30)(H,32,33). The average Bonchev–Trinajstić information content (AvgIpc) is 2.69. The molecule has 4 unspecified atom stereocenters. The van der Waals surface area contributed by atoms with Gasteiger partial charge in [-0.05, 0) is 56.4 Å². The molecule has 0 rings (SSSR count). The van der Waals surface area contributed by atoms with E-state index < -0.39 is 47.9 Å². The fourth-order valence-electron chi connectivity index (χ4n) is 3.40. The molecule has 10 nitrogen and oxygen atoms in total. The summed E-state index contributed by atoms with van der Waals surface area (Å²) in [4.78, 5) is 49.9. The fraction of sp³-hybridized carbons (Fsp3) is 0.826. The van der Waals surface area contributed by atoms with Crippen molar-refractivity contribution >= 4 is 23.7 Å². The lowest BCUT2D eigenvalue weighted by Gasteiger charge is -2.28. The van der Waals surface area contributed by atoms with Gasteiger partial charge in [0.2, 0.25) is 17.7 Å². The molecule has 0 fully saturated rings. The van der Waals surface area contributed by atoms with Crippen LogP contribution in [0, 0.1) is 17.8 Å². The van der Waals surface area contributed by atoms with Gasteiger partial charge in [0.1, 0.15) is 18.1 Å². The maximum Gasteiger partial charge on any atom is 0.326 e. The Labute approximate surface area is 198 Å². The quantitative estimate of drug-likeness (QED) is 0.180. The number of unbranched alkanes of at least 4 members (excludes halogenated alkanes) is 1. The molecular formula is C23H45N5O5. The molecular weight excluding hydrogens is 426 g/mol. The molecule has 0 saturated heterocycles. The molecule has 0 aliphatic rings. The molecule has 4 atom stereocenters. The van der Waals surface area contributed by atoms with E-state index in [9.17, 15) is 24.3 Å². The maximum atomic E-state index is 13.0. The molecule has 0 bridgehead atoms. The molecule has 33 heavy (non-hydrogen) atoms. The molecule has 0 aromatic rings. The lowest BCUT2D eigenvalue weighted by Crippen LogP contribution is -2.58. The number of amides is 3. The first-order valence-corrected chi connectivity index (χ1v) is 11.9. The highest BCUT2D eigenvalue weighted by Crippen LogP contribution is 2.10. The molecule has 0 heterocycles. The van der Waals surface area contributed by atoms with E-state index >= 15 is 0 Å². The molecule has 10 heteroatoms. The van der Waals surface area contributed by atoms with Gasteiger partial charge in [0.05, 0.1) is 6.04 Å². The van der Waals surface area contributed by atoms with Crippen LogP contribution in [0.2, 0.25) is 0 Å². The fourth-order valence-corrected chi connectivity index (χ4v) is 3.40. The number of carboxylic acid groups (broad SMARTS) is 1. The number of carbonyl (C=O) groups excluding carboxylic acids is 3. The highest BCUT2D eigenvalue weighted by molar-refractivity contribution is 5.94. The van der Waals surface area contributed by atoms with E-state index in [4.69, 9.17) is 11.5 Å². The number of hydrogen-bond donors (Lipinski definition) is 6. The molecule has 0 aromatic heterocycles. The first-order chi connectivity index (χ1) is 15.3. The van der Waals surface area contributed by atoms with Gasteiger partial charge in [-0.2, -0.15) is 0 Å². The Hall–Kier alpha value is -2.20. The zero-order chi connectivity index (χ0) is 25.7. The minimum absolute atomic E-state index is 0.104. The Bertz CT molecular complexity index is 639. The predicted molar refractivity (Wildman–Crippen MR) is 128 cm³/mol. The highest BCUT2D eigenvalue weighted by atomic mass is 16.4. The third-order valence-electron chi connectivity index (χ3n) is 5.21. The Kier molecular flexibility index (Phi) is 14.6. The highest BCUT2D eigenvalue weighted by Gasteiger charge is 2.32. The summed E-state index contributed by atoms with van der Waals surface area (Å²) in [5, 5.41) is 17.4. The number of rotatable bonds is 16. The van der Waals surface area contributed by atoms with Gasteiger partial charge in [-0.15, -0.1) is 0 Å². The lowest BCUT2D eigenvalue weighted by atomic mass is 9.98. The van der Waals surface area contributed by atoms with E-state index in [0.717, 1.165) is 0 Å². The summed E-state index contributed by atoms with van der Waals surface area (Å²) in [7, 11) is 0. The largest absolute Gasteiger partial charge is 0.480 e. The van der Waals surface area contributed by atoms with Crippen LogP contribution in [-0.4, -0.2) is 59.5 Å². The first kappa shape index (κ1) is 30.8. The van der Waals surface area contributed by atoms with Crippen LogP contribution in [0.4, 0.5) is 0 Å². The number of nitrogens with two attached hydrogens (primary N) is 2. The Morgan fingerprint density at radius 2 is 1.30 bits per heavy atom. The van der Waals surface area contributed by atoms with Gasteiger partial charge in [-0.25, -0.2) is 4.79 Å². The van der Waals surface area contributed by atoms with Crippen molar-refractivity contribution in [1.82, 2.24) is 16.0 Å².